The van der Waals surface area contributed by atoms with Gasteiger partial charge in [0.15, 0.2) is 0 Å². The first kappa shape index (κ1) is 16.2. The number of hydrogen-bond donors (Lipinski definition) is 1. The Morgan fingerprint density at radius 2 is 1.16 bits per heavy atom. The Balaban J connectivity index is 2.13. The van der Waals surface area contributed by atoms with E-state index >= 15 is 0 Å². The van der Waals surface area contributed by atoms with Gasteiger partial charge in [-0.15, -0.1) is 0 Å². The van der Waals surface area contributed by atoms with Crippen molar-refractivity contribution in [2.24, 2.45) is 0 Å². The Morgan fingerprint density at radius 1 is 0.684 bits per heavy atom. The lowest BCUT2D eigenvalue weighted by atomic mass is 10.0. The Hall–Kier alpha value is -0.820. The molecule has 108 valence electrons. The van der Waals surface area contributed by atoms with Crippen molar-refractivity contribution < 1.29 is 5.11 Å². The first-order valence-electron chi connectivity index (χ1n) is 8.05. The first-order chi connectivity index (χ1) is 9.36. The van der Waals surface area contributed by atoms with Crippen LogP contribution in [0.2, 0.25) is 0 Å². The average Bonchev–Trinajstić information content (AvgIpc) is 2.44. The molecule has 0 aromatic heterocycles. The smallest absolute Gasteiger partial charge is 0.0431 e. The Morgan fingerprint density at radius 3 is 1.68 bits per heavy atom. The zero-order chi connectivity index (χ0) is 13.8. The van der Waals surface area contributed by atoms with E-state index in [0.717, 1.165) is 6.42 Å². The molecule has 19 heavy (non-hydrogen) atoms. The molecule has 0 spiro atoms. The van der Waals surface area contributed by atoms with Crippen LogP contribution in [0.1, 0.15) is 69.4 Å². The third kappa shape index (κ3) is 8.05. The number of hydrogen-bond acceptors (Lipinski definition) is 1. The van der Waals surface area contributed by atoms with Crippen molar-refractivity contribution in [3.05, 3.63) is 35.4 Å². The van der Waals surface area contributed by atoms with Crippen molar-refractivity contribution in [2.75, 3.05) is 6.61 Å². The van der Waals surface area contributed by atoms with Crippen LogP contribution in [0.4, 0.5) is 0 Å². The molecule has 0 aliphatic carbocycles. The molecule has 0 saturated carbocycles. The van der Waals surface area contributed by atoms with Crippen molar-refractivity contribution in [1.82, 2.24) is 0 Å². The van der Waals surface area contributed by atoms with E-state index in [9.17, 15) is 0 Å². The fourth-order valence-corrected chi connectivity index (χ4v) is 2.42. The topological polar surface area (TPSA) is 20.2 Å². The summed E-state index contributed by atoms with van der Waals surface area (Å²) in [5.74, 6) is 0. The summed E-state index contributed by atoms with van der Waals surface area (Å²) in [6.45, 7) is 2.60. The van der Waals surface area contributed by atoms with Gasteiger partial charge < -0.3 is 5.11 Å². The van der Waals surface area contributed by atoms with Crippen LogP contribution in [0, 0.1) is 0 Å². The Kier molecular flexibility index (Phi) is 9.44. The van der Waals surface area contributed by atoms with E-state index in [1.54, 1.807) is 0 Å². The third-order valence-electron chi connectivity index (χ3n) is 3.72. The SMILES string of the molecule is CCCCCc1ccc(CCCCCCCO)cc1. The standard InChI is InChI=1S/C18H30O/c1-2-3-7-10-17-12-14-18(15-13-17)11-8-5-4-6-9-16-19/h12-15,19H,2-11,16H2,1H3. The van der Waals surface area contributed by atoms with Gasteiger partial charge in [0.05, 0.1) is 0 Å². The minimum atomic E-state index is 0.347. The van der Waals surface area contributed by atoms with Crippen LogP contribution in [0.15, 0.2) is 24.3 Å². The molecule has 0 atom stereocenters. The molecule has 1 N–H and O–H groups in total. The highest BCUT2D eigenvalue weighted by Gasteiger charge is 1.96. The summed E-state index contributed by atoms with van der Waals surface area (Å²) < 4.78 is 0. The molecule has 0 saturated heterocycles. The summed E-state index contributed by atoms with van der Waals surface area (Å²) in [7, 11) is 0. The lowest BCUT2D eigenvalue weighted by Gasteiger charge is -2.04. The summed E-state index contributed by atoms with van der Waals surface area (Å²) in [6.07, 6.45) is 12.4. The molecule has 0 unspecified atom stereocenters. The van der Waals surface area contributed by atoms with Gasteiger partial charge in [-0.05, 0) is 43.2 Å². The molecule has 0 aliphatic rings. The highest BCUT2D eigenvalue weighted by atomic mass is 16.2. The molecular weight excluding hydrogens is 232 g/mol. The molecule has 1 aromatic carbocycles. The van der Waals surface area contributed by atoms with Gasteiger partial charge in [-0.25, -0.2) is 0 Å². The highest BCUT2D eigenvalue weighted by Crippen LogP contribution is 2.12. The van der Waals surface area contributed by atoms with Crippen molar-refractivity contribution in [3.63, 3.8) is 0 Å². The second kappa shape index (κ2) is 11.0. The van der Waals surface area contributed by atoms with E-state index in [0.29, 0.717) is 6.61 Å². The maximum absolute atomic E-state index is 8.70. The van der Waals surface area contributed by atoms with Gasteiger partial charge in [0, 0.05) is 6.61 Å². The van der Waals surface area contributed by atoms with Crippen LogP contribution >= 0.6 is 0 Å². The van der Waals surface area contributed by atoms with Gasteiger partial charge in [0.1, 0.15) is 0 Å². The summed E-state index contributed by atoms with van der Waals surface area (Å²) >= 11 is 0. The number of aliphatic hydroxyl groups is 1. The number of aryl methyl sites for hydroxylation is 2. The number of benzene rings is 1. The average molecular weight is 262 g/mol. The first-order valence-corrected chi connectivity index (χ1v) is 8.05. The van der Waals surface area contributed by atoms with Crippen molar-refractivity contribution >= 4 is 0 Å². The molecule has 1 rings (SSSR count). The van der Waals surface area contributed by atoms with Crippen molar-refractivity contribution in [2.45, 2.75) is 71.1 Å². The van der Waals surface area contributed by atoms with Crippen molar-refractivity contribution in [3.8, 4) is 0 Å². The third-order valence-corrected chi connectivity index (χ3v) is 3.72. The zero-order valence-corrected chi connectivity index (χ0v) is 12.5. The fourth-order valence-electron chi connectivity index (χ4n) is 2.42. The maximum atomic E-state index is 8.70. The minimum Gasteiger partial charge on any atom is -0.396 e. The highest BCUT2D eigenvalue weighted by molar-refractivity contribution is 5.22. The van der Waals surface area contributed by atoms with E-state index in [1.807, 2.05) is 0 Å². The summed E-state index contributed by atoms with van der Waals surface area (Å²) in [4.78, 5) is 0. The predicted molar refractivity (Wildman–Crippen MR) is 83.5 cm³/mol. The number of aliphatic hydroxyl groups excluding tert-OH is 1. The largest absolute Gasteiger partial charge is 0.396 e. The molecule has 0 amide bonds. The van der Waals surface area contributed by atoms with E-state index < -0.39 is 0 Å². The molecule has 1 heteroatoms. The van der Waals surface area contributed by atoms with E-state index in [-0.39, 0.29) is 0 Å². The van der Waals surface area contributed by atoms with Gasteiger partial charge in [0.25, 0.3) is 0 Å². The lowest BCUT2D eigenvalue weighted by molar-refractivity contribution is 0.282. The lowest BCUT2D eigenvalue weighted by Crippen LogP contribution is -1.90. The van der Waals surface area contributed by atoms with Gasteiger partial charge in [-0.3, -0.25) is 0 Å². The van der Waals surface area contributed by atoms with Gasteiger partial charge in [-0.2, -0.15) is 0 Å². The molecule has 1 nitrogen and oxygen atoms in total. The second-order valence-electron chi connectivity index (χ2n) is 5.51. The van der Waals surface area contributed by atoms with Crippen LogP contribution in [-0.2, 0) is 12.8 Å². The molecule has 0 heterocycles. The molecule has 0 aliphatic heterocycles. The van der Waals surface area contributed by atoms with E-state index in [4.69, 9.17) is 5.11 Å². The summed E-state index contributed by atoms with van der Waals surface area (Å²) in [5.41, 5.74) is 2.96. The number of unbranched alkanes of at least 4 members (excludes halogenated alkanes) is 6. The zero-order valence-electron chi connectivity index (χ0n) is 12.5. The van der Waals surface area contributed by atoms with Gasteiger partial charge >= 0.3 is 0 Å². The van der Waals surface area contributed by atoms with Crippen LogP contribution in [0.25, 0.3) is 0 Å². The maximum Gasteiger partial charge on any atom is 0.0431 e. The molecule has 0 radical (unpaired) electrons. The summed E-state index contributed by atoms with van der Waals surface area (Å²) in [6, 6.07) is 9.21. The summed E-state index contributed by atoms with van der Waals surface area (Å²) in [5, 5.41) is 8.70. The molecule has 1 aromatic rings. The quantitative estimate of drug-likeness (QED) is 0.562. The van der Waals surface area contributed by atoms with E-state index in [2.05, 4.69) is 31.2 Å². The van der Waals surface area contributed by atoms with Crippen LogP contribution in [0.5, 0.6) is 0 Å². The van der Waals surface area contributed by atoms with Crippen LogP contribution in [0.3, 0.4) is 0 Å². The van der Waals surface area contributed by atoms with Gasteiger partial charge in [-0.1, -0.05) is 63.3 Å². The van der Waals surface area contributed by atoms with E-state index in [1.165, 1.54) is 68.9 Å². The van der Waals surface area contributed by atoms with Crippen LogP contribution in [-0.4, -0.2) is 11.7 Å². The molecule has 0 bridgehead atoms. The molecule has 0 fully saturated rings. The Bertz CT molecular complexity index is 302. The monoisotopic (exact) mass is 262 g/mol. The predicted octanol–water partition coefficient (Wildman–Crippen LogP) is 4.90. The second-order valence-corrected chi connectivity index (χ2v) is 5.51. The number of rotatable bonds is 11. The van der Waals surface area contributed by atoms with Crippen LogP contribution < -0.4 is 0 Å². The minimum absolute atomic E-state index is 0.347. The van der Waals surface area contributed by atoms with Crippen molar-refractivity contribution in [1.29, 1.82) is 0 Å². The normalized spacial score (nSPS) is 10.8. The fraction of sp³-hybridized carbons (Fsp3) is 0.667. The Labute approximate surface area is 119 Å². The molecular formula is C18H30O. The van der Waals surface area contributed by atoms with Gasteiger partial charge in [0.2, 0.25) is 0 Å².